The van der Waals surface area contributed by atoms with Gasteiger partial charge in [0.25, 0.3) is 5.91 Å². The maximum atomic E-state index is 12.8. The van der Waals surface area contributed by atoms with Gasteiger partial charge >= 0.3 is 0 Å². The third-order valence-electron chi connectivity index (χ3n) is 5.01. The fourth-order valence-electron chi connectivity index (χ4n) is 3.42. The van der Waals surface area contributed by atoms with Gasteiger partial charge in [-0.05, 0) is 23.8 Å². The van der Waals surface area contributed by atoms with Crippen molar-refractivity contribution in [3.63, 3.8) is 0 Å². The average Bonchev–Trinajstić information content (AvgIpc) is 3.24. The van der Waals surface area contributed by atoms with Crippen LogP contribution in [0.15, 0.2) is 67.0 Å². The van der Waals surface area contributed by atoms with E-state index < -0.39 is 10.0 Å². The zero-order chi connectivity index (χ0) is 21.1. The van der Waals surface area contributed by atoms with Crippen molar-refractivity contribution < 1.29 is 13.2 Å². The molecule has 1 amide bonds. The fourth-order valence-corrected chi connectivity index (χ4v) is 5.12. The molecule has 156 valence electrons. The first-order valence-electron chi connectivity index (χ1n) is 9.54. The molecule has 0 aliphatic carbocycles. The number of carbonyl (C=O) groups excluding carboxylic acids is 1. The summed E-state index contributed by atoms with van der Waals surface area (Å²) in [7, 11) is -3.42. The SMILES string of the molecule is O=C(c1cnn(-c2cccc(Cl)c2)c1)N1CCN(S(=O)(=O)Cc2ccccc2)CC1. The number of nitrogens with zero attached hydrogens (tertiary/aromatic N) is 4. The summed E-state index contributed by atoms with van der Waals surface area (Å²) in [5.74, 6) is -0.197. The number of benzene rings is 2. The van der Waals surface area contributed by atoms with Crippen molar-refractivity contribution in [2.24, 2.45) is 0 Å². The summed E-state index contributed by atoms with van der Waals surface area (Å²) in [6.07, 6.45) is 3.17. The lowest BCUT2D eigenvalue weighted by molar-refractivity contribution is 0.0697. The molecule has 30 heavy (non-hydrogen) atoms. The number of halogens is 1. The Bertz CT molecular complexity index is 1140. The largest absolute Gasteiger partial charge is 0.336 e. The van der Waals surface area contributed by atoms with Crippen LogP contribution in [0.4, 0.5) is 0 Å². The van der Waals surface area contributed by atoms with Crippen molar-refractivity contribution in [1.82, 2.24) is 19.0 Å². The highest BCUT2D eigenvalue weighted by atomic mass is 35.5. The van der Waals surface area contributed by atoms with E-state index in [1.165, 1.54) is 10.5 Å². The van der Waals surface area contributed by atoms with E-state index in [0.29, 0.717) is 23.7 Å². The molecule has 0 spiro atoms. The van der Waals surface area contributed by atoms with Crippen LogP contribution >= 0.6 is 11.6 Å². The zero-order valence-corrected chi connectivity index (χ0v) is 17.8. The van der Waals surface area contributed by atoms with Gasteiger partial charge in [0.1, 0.15) is 0 Å². The summed E-state index contributed by atoms with van der Waals surface area (Å²) in [6, 6.07) is 16.3. The molecule has 4 rings (SSSR count). The lowest BCUT2D eigenvalue weighted by atomic mass is 10.2. The summed E-state index contributed by atoms with van der Waals surface area (Å²) < 4.78 is 28.4. The predicted molar refractivity (Wildman–Crippen MR) is 115 cm³/mol. The molecule has 0 radical (unpaired) electrons. The van der Waals surface area contributed by atoms with E-state index in [1.54, 1.807) is 40.0 Å². The van der Waals surface area contributed by atoms with Crippen LogP contribution < -0.4 is 0 Å². The Hall–Kier alpha value is -2.68. The zero-order valence-electron chi connectivity index (χ0n) is 16.2. The second-order valence-corrected chi connectivity index (χ2v) is 9.49. The highest BCUT2D eigenvalue weighted by Crippen LogP contribution is 2.17. The molecule has 3 aromatic rings. The molecule has 1 saturated heterocycles. The van der Waals surface area contributed by atoms with Crippen LogP contribution in [-0.4, -0.2) is 59.5 Å². The van der Waals surface area contributed by atoms with Crippen LogP contribution in [0.1, 0.15) is 15.9 Å². The number of amides is 1. The molecule has 0 atom stereocenters. The standard InChI is InChI=1S/C21H21ClN4O3S/c22-19-7-4-8-20(13-19)26-15-18(14-23-26)21(27)24-9-11-25(12-10-24)30(28,29)16-17-5-2-1-3-6-17/h1-8,13-15H,9-12,16H2. The summed E-state index contributed by atoms with van der Waals surface area (Å²) in [4.78, 5) is 14.5. The van der Waals surface area contributed by atoms with Crippen LogP contribution in [0.2, 0.25) is 5.02 Å². The number of hydrogen-bond donors (Lipinski definition) is 0. The highest BCUT2D eigenvalue weighted by Gasteiger charge is 2.29. The van der Waals surface area contributed by atoms with E-state index >= 15 is 0 Å². The monoisotopic (exact) mass is 444 g/mol. The van der Waals surface area contributed by atoms with Crippen LogP contribution in [0, 0.1) is 0 Å². The van der Waals surface area contributed by atoms with E-state index in [1.807, 2.05) is 30.3 Å². The van der Waals surface area contributed by atoms with Gasteiger partial charge < -0.3 is 4.90 Å². The molecule has 0 unspecified atom stereocenters. The minimum atomic E-state index is -3.42. The third-order valence-corrected chi connectivity index (χ3v) is 7.10. The van der Waals surface area contributed by atoms with Gasteiger partial charge in [-0.15, -0.1) is 0 Å². The Kier molecular flexibility index (Phi) is 5.90. The topological polar surface area (TPSA) is 75.5 Å². The fraction of sp³-hybridized carbons (Fsp3) is 0.238. The summed E-state index contributed by atoms with van der Waals surface area (Å²) in [5, 5.41) is 4.84. The van der Waals surface area contributed by atoms with Crippen molar-refractivity contribution >= 4 is 27.5 Å². The third kappa shape index (κ3) is 4.56. The first-order chi connectivity index (χ1) is 14.4. The lowest BCUT2D eigenvalue weighted by Gasteiger charge is -2.33. The molecule has 7 nitrogen and oxygen atoms in total. The molecule has 0 N–H and O–H groups in total. The number of rotatable bonds is 5. The van der Waals surface area contributed by atoms with E-state index in [4.69, 9.17) is 11.6 Å². The van der Waals surface area contributed by atoms with E-state index in [2.05, 4.69) is 5.10 Å². The number of aromatic nitrogens is 2. The molecular formula is C21H21ClN4O3S. The van der Waals surface area contributed by atoms with Crippen LogP contribution in [-0.2, 0) is 15.8 Å². The minimum absolute atomic E-state index is 0.0335. The number of sulfonamides is 1. The predicted octanol–water partition coefficient (Wildman–Crippen LogP) is 2.81. The van der Waals surface area contributed by atoms with Crippen molar-refractivity contribution in [3.8, 4) is 5.69 Å². The van der Waals surface area contributed by atoms with Gasteiger partial charge in [0, 0.05) is 37.4 Å². The highest BCUT2D eigenvalue weighted by molar-refractivity contribution is 7.88. The van der Waals surface area contributed by atoms with Gasteiger partial charge in [-0.25, -0.2) is 13.1 Å². The molecule has 2 aromatic carbocycles. The minimum Gasteiger partial charge on any atom is -0.336 e. The van der Waals surface area contributed by atoms with Crippen molar-refractivity contribution in [3.05, 3.63) is 83.1 Å². The first kappa shape index (κ1) is 20.6. The van der Waals surface area contributed by atoms with E-state index in [9.17, 15) is 13.2 Å². The maximum Gasteiger partial charge on any atom is 0.257 e. The Morgan fingerprint density at radius 1 is 1.00 bits per heavy atom. The van der Waals surface area contributed by atoms with Gasteiger partial charge in [0.05, 0.1) is 23.2 Å². The maximum absolute atomic E-state index is 12.8. The quantitative estimate of drug-likeness (QED) is 0.606. The molecular weight excluding hydrogens is 424 g/mol. The lowest BCUT2D eigenvalue weighted by Crippen LogP contribution is -2.50. The van der Waals surface area contributed by atoms with Gasteiger partial charge in [0.15, 0.2) is 0 Å². The summed E-state index contributed by atoms with van der Waals surface area (Å²) >= 11 is 6.02. The van der Waals surface area contributed by atoms with Gasteiger partial charge in [-0.2, -0.15) is 9.40 Å². The Labute approximate surface area is 180 Å². The molecule has 1 aliphatic rings. The molecule has 1 aliphatic heterocycles. The molecule has 2 heterocycles. The van der Waals surface area contributed by atoms with E-state index in [0.717, 1.165) is 11.3 Å². The van der Waals surface area contributed by atoms with Crippen LogP contribution in [0.25, 0.3) is 5.69 Å². The molecule has 1 aromatic heterocycles. The van der Waals surface area contributed by atoms with E-state index in [-0.39, 0.29) is 24.7 Å². The van der Waals surface area contributed by atoms with Crippen molar-refractivity contribution in [2.45, 2.75) is 5.75 Å². The Balaban J connectivity index is 1.39. The van der Waals surface area contributed by atoms with Gasteiger partial charge in [-0.3, -0.25) is 4.79 Å². The smallest absolute Gasteiger partial charge is 0.257 e. The number of hydrogen-bond acceptors (Lipinski definition) is 4. The summed E-state index contributed by atoms with van der Waals surface area (Å²) in [6.45, 7) is 1.25. The molecule has 1 fully saturated rings. The van der Waals surface area contributed by atoms with Crippen molar-refractivity contribution in [2.75, 3.05) is 26.2 Å². The molecule has 9 heteroatoms. The van der Waals surface area contributed by atoms with Crippen molar-refractivity contribution in [1.29, 1.82) is 0 Å². The second kappa shape index (κ2) is 8.59. The second-order valence-electron chi connectivity index (χ2n) is 7.09. The molecule has 0 saturated carbocycles. The van der Waals surface area contributed by atoms with Crippen LogP contribution in [0.3, 0.4) is 0 Å². The first-order valence-corrected chi connectivity index (χ1v) is 11.5. The average molecular weight is 445 g/mol. The Morgan fingerprint density at radius 2 is 1.73 bits per heavy atom. The normalized spacial score (nSPS) is 15.3. The van der Waals surface area contributed by atoms with Gasteiger partial charge in [0.2, 0.25) is 10.0 Å². The summed E-state index contributed by atoms with van der Waals surface area (Å²) in [5.41, 5.74) is 1.97. The molecule has 0 bridgehead atoms. The Morgan fingerprint density at radius 3 is 2.43 bits per heavy atom. The number of carbonyl (C=O) groups is 1. The number of piperazine rings is 1. The van der Waals surface area contributed by atoms with Crippen LogP contribution in [0.5, 0.6) is 0 Å². The van der Waals surface area contributed by atoms with Gasteiger partial charge in [-0.1, -0.05) is 48.0 Å².